The van der Waals surface area contributed by atoms with Crippen LogP contribution in [0.2, 0.25) is 0 Å². The number of hydrogen-bond donors (Lipinski definition) is 0. The van der Waals surface area contributed by atoms with Crippen molar-refractivity contribution < 1.29 is 4.74 Å². The van der Waals surface area contributed by atoms with Crippen LogP contribution in [0.15, 0.2) is 28.7 Å². The standard InChI is InChI=1S/C9H9BrO/c1-9(6-11-9)7-3-2-4-8(10)5-7/h2-5H,6H2,1H3. The average Bonchev–Trinajstić information content (AvgIpc) is 2.70. The molecule has 1 aromatic carbocycles. The highest BCUT2D eigenvalue weighted by atomic mass is 79.9. The minimum Gasteiger partial charge on any atom is -0.365 e. The van der Waals surface area contributed by atoms with E-state index in [1.807, 2.05) is 12.1 Å². The first kappa shape index (κ1) is 7.32. The first-order valence-electron chi connectivity index (χ1n) is 3.61. The fraction of sp³-hybridized carbons (Fsp3) is 0.333. The van der Waals surface area contributed by atoms with Crippen LogP contribution >= 0.6 is 15.9 Å². The Morgan fingerprint density at radius 3 is 2.82 bits per heavy atom. The summed E-state index contributed by atoms with van der Waals surface area (Å²) in [5.41, 5.74) is 1.26. The van der Waals surface area contributed by atoms with E-state index in [4.69, 9.17) is 4.74 Å². The van der Waals surface area contributed by atoms with E-state index in [0.29, 0.717) is 0 Å². The van der Waals surface area contributed by atoms with E-state index >= 15 is 0 Å². The summed E-state index contributed by atoms with van der Waals surface area (Å²) in [6.07, 6.45) is 0. The molecule has 1 heterocycles. The fourth-order valence-corrected chi connectivity index (χ4v) is 1.49. The molecule has 1 saturated heterocycles. The highest BCUT2D eigenvalue weighted by Gasteiger charge is 2.40. The summed E-state index contributed by atoms with van der Waals surface area (Å²) in [6, 6.07) is 8.26. The number of hydrogen-bond acceptors (Lipinski definition) is 1. The third-order valence-electron chi connectivity index (χ3n) is 2.01. The van der Waals surface area contributed by atoms with Crippen molar-refractivity contribution in [3.63, 3.8) is 0 Å². The van der Waals surface area contributed by atoms with E-state index in [0.717, 1.165) is 11.1 Å². The molecular formula is C9H9BrO. The van der Waals surface area contributed by atoms with Crippen molar-refractivity contribution in [2.24, 2.45) is 0 Å². The summed E-state index contributed by atoms with van der Waals surface area (Å²) in [4.78, 5) is 0. The molecule has 0 radical (unpaired) electrons. The number of ether oxygens (including phenoxy) is 1. The van der Waals surface area contributed by atoms with Crippen molar-refractivity contribution in [2.45, 2.75) is 12.5 Å². The van der Waals surface area contributed by atoms with Gasteiger partial charge in [0.05, 0.1) is 6.61 Å². The van der Waals surface area contributed by atoms with E-state index in [2.05, 4.69) is 35.0 Å². The Balaban J connectivity index is 2.38. The Kier molecular flexibility index (Phi) is 1.55. The van der Waals surface area contributed by atoms with Gasteiger partial charge in [-0.25, -0.2) is 0 Å². The van der Waals surface area contributed by atoms with Crippen LogP contribution in [0.25, 0.3) is 0 Å². The molecule has 2 heteroatoms. The van der Waals surface area contributed by atoms with Gasteiger partial charge in [0.25, 0.3) is 0 Å². The number of halogens is 1. The summed E-state index contributed by atoms with van der Waals surface area (Å²) >= 11 is 3.43. The maximum Gasteiger partial charge on any atom is 0.114 e. The summed E-state index contributed by atoms with van der Waals surface area (Å²) in [5.74, 6) is 0. The molecular weight excluding hydrogens is 204 g/mol. The molecule has 58 valence electrons. The highest BCUT2D eigenvalue weighted by Crippen LogP contribution is 2.38. The van der Waals surface area contributed by atoms with Gasteiger partial charge in [0.15, 0.2) is 0 Å². The van der Waals surface area contributed by atoms with Gasteiger partial charge < -0.3 is 4.74 Å². The number of benzene rings is 1. The molecule has 0 saturated carbocycles. The molecule has 1 fully saturated rings. The maximum atomic E-state index is 5.32. The van der Waals surface area contributed by atoms with Gasteiger partial charge in [0.2, 0.25) is 0 Å². The fourth-order valence-electron chi connectivity index (χ4n) is 1.09. The van der Waals surface area contributed by atoms with Crippen LogP contribution in [0.5, 0.6) is 0 Å². The van der Waals surface area contributed by atoms with Crippen LogP contribution in [0.1, 0.15) is 12.5 Å². The van der Waals surface area contributed by atoms with Gasteiger partial charge in [-0.15, -0.1) is 0 Å². The van der Waals surface area contributed by atoms with Gasteiger partial charge in [-0.3, -0.25) is 0 Å². The lowest BCUT2D eigenvalue weighted by Gasteiger charge is -2.04. The summed E-state index contributed by atoms with van der Waals surface area (Å²) in [5, 5.41) is 0. The van der Waals surface area contributed by atoms with Gasteiger partial charge in [0, 0.05) is 4.47 Å². The minimum absolute atomic E-state index is 0.00375. The zero-order valence-corrected chi connectivity index (χ0v) is 7.89. The van der Waals surface area contributed by atoms with Gasteiger partial charge in [-0.1, -0.05) is 28.1 Å². The first-order chi connectivity index (χ1) is 5.21. The smallest absolute Gasteiger partial charge is 0.114 e. The molecule has 0 aromatic heterocycles. The van der Waals surface area contributed by atoms with Crippen molar-refractivity contribution >= 4 is 15.9 Å². The SMILES string of the molecule is CC1(c2cccc(Br)c2)CO1. The molecule has 1 unspecified atom stereocenters. The molecule has 1 atom stereocenters. The summed E-state index contributed by atoms with van der Waals surface area (Å²) in [7, 11) is 0. The normalized spacial score (nSPS) is 28.5. The molecule has 0 spiro atoms. The van der Waals surface area contributed by atoms with Crippen molar-refractivity contribution in [3.05, 3.63) is 34.3 Å². The Bertz CT molecular complexity index is 279. The Morgan fingerprint density at radius 2 is 2.27 bits per heavy atom. The molecule has 0 N–H and O–H groups in total. The zero-order valence-electron chi connectivity index (χ0n) is 6.30. The lowest BCUT2D eigenvalue weighted by Crippen LogP contribution is -2.00. The van der Waals surface area contributed by atoms with Crippen LogP contribution in [0.4, 0.5) is 0 Å². The Labute approximate surface area is 74.5 Å². The Morgan fingerprint density at radius 1 is 1.55 bits per heavy atom. The molecule has 1 aromatic rings. The zero-order chi connectivity index (χ0) is 7.90. The highest BCUT2D eigenvalue weighted by molar-refractivity contribution is 9.10. The van der Waals surface area contributed by atoms with Gasteiger partial charge in [0.1, 0.15) is 5.60 Å². The number of epoxide rings is 1. The predicted octanol–water partition coefficient (Wildman–Crippen LogP) is 2.69. The monoisotopic (exact) mass is 212 g/mol. The third kappa shape index (κ3) is 1.33. The molecule has 0 aliphatic carbocycles. The van der Waals surface area contributed by atoms with Crippen molar-refractivity contribution in [3.8, 4) is 0 Å². The average molecular weight is 213 g/mol. The lowest BCUT2D eigenvalue weighted by molar-refractivity contribution is 0.329. The molecule has 1 aliphatic rings. The maximum absolute atomic E-state index is 5.32. The number of rotatable bonds is 1. The van der Waals surface area contributed by atoms with Crippen LogP contribution in [0.3, 0.4) is 0 Å². The van der Waals surface area contributed by atoms with Gasteiger partial charge >= 0.3 is 0 Å². The molecule has 1 aliphatic heterocycles. The third-order valence-corrected chi connectivity index (χ3v) is 2.51. The van der Waals surface area contributed by atoms with E-state index in [-0.39, 0.29) is 5.60 Å². The predicted molar refractivity (Wildman–Crippen MR) is 47.4 cm³/mol. The van der Waals surface area contributed by atoms with Crippen molar-refractivity contribution in [2.75, 3.05) is 6.61 Å². The second-order valence-electron chi connectivity index (χ2n) is 3.03. The minimum atomic E-state index is 0.00375. The topological polar surface area (TPSA) is 12.5 Å². The molecule has 1 nitrogen and oxygen atoms in total. The van der Waals surface area contributed by atoms with E-state index < -0.39 is 0 Å². The van der Waals surface area contributed by atoms with Gasteiger partial charge in [-0.2, -0.15) is 0 Å². The van der Waals surface area contributed by atoms with Gasteiger partial charge in [-0.05, 0) is 24.6 Å². The molecule has 0 amide bonds. The molecule has 2 rings (SSSR count). The van der Waals surface area contributed by atoms with Crippen molar-refractivity contribution in [1.29, 1.82) is 0 Å². The summed E-state index contributed by atoms with van der Waals surface area (Å²) in [6.45, 7) is 2.96. The second kappa shape index (κ2) is 2.32. The first-order valence-corrected chi connectivity index (χ1v) is 4.40. The summed E-state index contributed by atoms with van der Waals surface area (Å²) < 4.78 is 6.43. The van der Waals surface area contributed by atoms with E-state index in [1.54, 1.807) is 0 Å². The Hall–Kier alpha value is -0.340. The molecule has 11 heavy (non-hydrogen) atoms. The lowest BCUT2D eigenvalue weighted by atomic mass is 10.0. The van der Waals surface area contributed by atoms with Crippen LogP contribution in [-0.4, -0.2) is 6.61 Å². The van der Waals surface area contributed by atoms with Crippen molar-refractivity contribution in [1.82, 2.24) is 0 Å². The van der Waals surface area contributed by atoms with Crippen LogP contribution in [-0.2, 0) is 10.3 Å². The largest absolute Gasteiger partial charge is 0.365 e. The second-order valence-corrected chi connectivity index (χ2v) is 3.95. The quantitative estimate of drug-likeness (QED) is 0.653. The van der Waals surface area contributed by atoms with Crippen LogP contribution in [0, 0.1) is 0 Å². The van der Waals surface area contributed by atoms with E-state index in [1.165, 1.54) is 5.56 Å². The van der Waals surface area contributed by atoms with Crippen LogP contribution < -0.4 is 0 Å². The van der Waals surface area contributed by atoms with E-state index in [9.17, 15) is 0 Å². The molecule has 0 bridgehead atoms.